The van der Waals surface area contributed by atoms with Crippen molar-refractivity contribution in [1.29, 1.82) is 0 Å². The smallest absolute Gasteiger partial charge is 0.0737 e. The Bertz CT molecular complexity index is 2790. The fourth-order valence-corrected chi connectivity index (χ4v) is 9.40. The number of fused-ring (bicyclic) bond motifs is 12. The third kappa shape index (κ3) is 4.38. The molecule has 0 aliphatic heterocycles. The van der Waals surface area contributed by atoms with Gasteiger partial charge in [0.05, 0.1) is 17.3 Å². The van der Waals surface area contributed by atoms with E-state index in [1.54, 1.807) is 0 Å². The molecule has 2 aliphatic carbocycles. The number of anilines is 3. The number of hydrogen-bond acceptors (Lipinski definition) is 2. The van der Waals surface area contributed by atoms with E-state index < -0.39 is 5.41 Å². The van der Waals surface area contributed by atoms with Crippen LogP contribution in [0.5, 0.6) is 0 Å². The Labute approximate surface area is 315 Å². The van der Waals surface area contributed by atoms with Gasteiger partial charge in [0.1, 0.15) is 0 Å². The molecule has 0 amide bonds. The van der Waals surface area contributed by atoms with Gasteiger partial charge in [-0.15, -0.1) is 0 Å². The van der Waals surface area contributed by atoms with E-state index in [1.807, 2.05) is 18.5 Å². The van der Waals surface area contributed by atoms with Crippen molar-refractivity contribution in [2.24, 2.45) is 0 Å². The Morgan fingerprint density at radius 3 is 1.76 bits per heavy atom. The second kappa shape index (κ2) is 12.0. The molecule has 0 N–H and O–H groups in total. The normalized spacial score (nSPS) is 13.0. The van der Waals surface area contributed by atoms with Crippen molar-refractivity contribution in [2.75, 3.05) is 4.90 Å². The fraction of sp³-hybridized carbons (Fsp3) is 0.0192. The molecule has 252 valence electrons. The Balaban J connectivity index is 1.08. The van der Waals surface area contributed by atoms with E-state index in [2.05, 4.69) is 198 Å². The first-order valence-corrected chi connectivity index (χ1v) is 18.6. The Hall–Kier alpha value is -7.03. The molecule has 8 aromatic carbocycles. The standard InChI is InChI=1S/C52H34N2/c1-2-15-39(16-3-1)54(41-18-12-32-53-34-41)40-17-10-14-38(33-40)35-26-28-37(29-27-35)43-22-11-23-46-47-31-30-36-13-4-5-19-42(36)51(47)52(50(43)46)48-24-8-6-20-44(48)45-21-7-9-25-49(45)52/h1-34H. The van der Waals surface area contributed by atoms with Crippen LogP contribution in [0.3, 0.4) is 0 Å². The van der Waals surface area contributed by atoms with Crippen LogP contribution in [0.25, 0.3) is 55.3 Å². The SMILES string of the molecule is c1ccc(N(c2cccnc2)c2cccc(-c3ccc(-c4cccc5c4C4(c6ccccc6-c6ccccc64)c4c-5ccc5ccccc45)cc3)c2)cc1. The van der Waals surface area contributed by atoms with Gasteiger partial charge in [-0.3, -0.25) is 4.98 Å². The summed E-state index contributed by atoms with van der Waals surface area (Å²) in [6.45, 7) is 0. The van der Waals surface area contributed by atoms with Gasteiger partial charge in [0.15, 0.2) is 0 Å². The summed E-state index contributed by atoms with van der Waals surface area (Å²) in [6.07, 6.45) is 3.74. The lowest BCUT2D eigenvalue weighted by molar-refractivity contribution is 0.803. The summed E-state index contributed by atoms with van der Waals surface area (Å²) in [5.41, 5.74) is 18.3. The van der Waals surface area contributed by atoms with Gasteiger partial charge in [-0.05, 0) is 114 Å². The van der Waals surface area contributed by atoms with Crippen LogP contribution < -0.4 is 4.90 Å². The molecule has 0 bridgehead atoms. The van der Waals surface area contributed by atoms with E-state index in [0.29, 0.717) is 0 Å². The van der Waals surface area contributed by atoms with Gasteiger partial charge in [-0.1, -0.05) is 158 Å². The Kier molecular flexibility index (Phi) is 6.80. The van der Waals surface area contributed by atoms with Crippen molar-refractivity contribution in [1.82, 2.24) is 4.98 Å². The molecule has 0 atom stereocenters. The largest absolute Gasteiger partial charge is 0.309 e. The minimum atomic E-state index is -0.449. The summed E-state index contributed by atoms with van der Waals surface area (Å²) < 4.78 is 0. The highest BCUT2D eigenvalue weighted by molar-refractivity contribution is 6.06. The summed E-state index contributed by atoms with van der Waals surface area (Å²) in [5, 5.41) is 2.59. The molecule has 0 fully saturated rings. The molecular weight excluding hydrogens is 653 g/mol. The van der Waals surface area contributed by atoms with Crippen molar-refractivity contribution in [3.63, 3.8) is 0 Å². The first-order chi connectivity index (χ1) is 26.8. The third-order valence-electron chi connectivity index (χ3n) is 11.5. The van der Waals surface area contributed by atoms with Crippen LogP contribution in [-0.2, 0) is 5.41 Å². The molecule has 0 saturated carbocycles. The van der Waals surface area contributed by atoms with Gasteiger partial charge < -0.3 is 4.90 Å². The predicted molar refractivity (Wildman–Crippen MR) is 224 cm³/mol. The van der Waals surface area contributed by atoms with Crippen molar-refractivity contribution >= 4 is 27.8 Å². The summed E-state index contributed by atoms with van der Waals surface area (Å²) in [6, 6.07) is 71.2. The predicted octanol–water partition coefficient (Wildman–Crippen LogP) is 13.4. The summed E-state index contributed by atoms with van der Waals surface area (Å²) in [5.74, 6) is 0. The number of pyridine rings is 1. The van der Waals surface area contributed by atoms with Crippen LogP contribution in [0.2, 0.25) is 0 Å². The molecule has 9 aromatic rings. The summed E-state index contributed by atoms with van der Waals surface area (Å²) in [7, 11) is 0. The zero-order valence-electron chi connectivity index (χ0n) is 29.5. The fourth-order valence-electron chi connectivity index (χ4n) is 9.40. The van der Waals surface area contributed by atoms with Crippen LogP contribution in [0.1, 0.15) is 22.3 Å². The minimum Gasteiger partial charge on any atom is -0.309 e. The van der Waals surface area contributed by atoms with Crippen LogP contribution >= 0.6 is 0 Å². The quantitative estimate of drug-likeness (QED) is 0.179. The number of nitrogens with zero attached hydrogens (tertiary/aromatic N) is 2. The van der Waals surface area contributed by atoms with Crippen LogP contribution in [-0.4, -0.2) is 4.98 Å². The van der Waals surface area contributed by atoms with E-state index in [0.717, 1.165) is 22.6 Å². The second-order valence-electron chi connectivity index (χ2n) is 14.3. The molecule has 0 unspecified atom stereocenters. The third-order valence-corrected chi connectivity index (χ3v) is 11.5. The van der Waals surface area contributed by atoms with E-state index in [4.69, 9.17) is 0 Å². The lowest BCUT2D eigenvalue weighted by atomic mass is 9.67. The lowest BCUT2D eigenvalue weighted by Crippen LogP contribution is -2.27. The summed E-state index contributed by atoms with van der Waals surface area (Å²) >= 11 is 0. The monoisotopic (exact) mass is 686 g/mol. The Morgan fingerprint density at radius 1 is 0.370 bits per heavy atom. The zero-order chi connectivity index (χ0) is 35.6. The topological polar surface area (TPSA) is 16.1 Å². The summed E-state index contributed by atoms with van der Waals surface area (Å²) in [4.78, 5) is 6.70. The van der Waals surface area contributed by atoms with Crippen LogP contribution in [0.15, 0.2) is 207 Å². The minimum absolute atomic E-state index is 0.449. The van der Waals surface area contributed by atoms with Gasteiger partial charge in [0.25, 0.3) is 0 Å². The lowest BCUT2D eigenvalue weighted by Gasteiger charge is -2.33. The number of benzene rings is 8. The number of hydrogen-bond donors (Lipinski definition) is 0. The highest BCUT2D eigenvalue weighted by Gasteiger charge is 2.53. The Morgan fingerprint density at radius 2 is 0.981 bits per heavy atom. The molecule has 2 nitrogen and oxygen atoms in total. The van der Waals surface area contributed by atoms with Gasteiger partial charge in [0.2, 0.25) is 0 Å². The number of para-hydroxylation sites is 1. The maximum Gasteiger partial charge on any atom is 0.0737 e. The molecule has 11 rings (SSSR count). The maximum absolute atomic E-state index is 4.44. The second-order valence-corrected chi connectivity index (χ2v) is 14.3. The molecule has 2 aliphatic rings. The highest BCUT2D eigenvalue weighted by atomic mass is 15.1. The van der Waals surface area contributed by atoms with Crippen molar-refractivity contribution in [2.45, 2.75) is 5.41 Å². The highest BCUT2D eigenvalue weighted by Crippen LogP contribution is 2.65. The average Bonchev–Trinajstić information content (AvgIpc) is 3.72. The van der Waals surface area contributed by atoms with E-state index in [-0.39, 0.29) is 0 Å². The molecule has 1 spiro atoms. The molecule has 1 aromatic heterocycles. The van der Waals surface area contributed by atoms with Crippen LogP contribution in [0, 0.1) is 0 Å². The molecular formula is C52H34N2. The number of rotatable bonds is 5. The van der Waals surface area contributed by atoms with Crippen molar-refractivity contribution in [3.05, 3.63) is 229 Å². The van der Waals surface area contributed by atoms with Gasteiger partial charge >= 0.3 is 0 Å². The first kappa shape index (κ1) is 30.6. The number of aromatic nitrogens is 1. The molecule has 0 saturated heterocycles. The molecule has 0 radical (unpaired) electrons. The van der Waals surface area contributed by atoms with E-state index >= 15 is 0 Å². The first-order valence-electron chi connectivity index (χ1n) is 18.6. The van der Waals surface area contributed by atoms with Crippen molar-refractivity contribution in [3.8, 4) is 44.5 Å². The molecule has 2 heteroatoms. The van der Waals surface area contributed by atoms with Crippen molar-refractivity contribution < 1.29 is 0 Å². The molecule has 1 heterocycles. The maximum atomic E-state index is 4.44. The zero-order valence-corrected chi connectivity index (χ0v) is 29.5. The van der Waals surface area contributed by atoms with Crippen LogP contribution in [0.4, 0.5) is 17.1 Å². The average molecular weight is 687 g/mol. The van der Waals surface area contributed by atoms with Gasteiger partial charge in [-0.2, -0.15) is 0 Å². The van der Waals surface area contributed by atoms with E-state index in [9.17, 15) is 0 Å². The van der Waals surface area contributed by atoms with Gasteiger partial charge in [-0.25, -0.2) is 0 Å². The van der Waals surface area contributed by atoms with E-state index in [1.165, 1.54) is 72.0 Å². The van der Waals surface area contributed by atoms with Gasteiger partial charge in [0, 0.05) is 17.6 Å². The molecule has 54 heavy (non-hydrogen) atoms.